The average molecular weight is 263 g/mol. The van der Waals surface area contributed by atoms with Gasteiger partial charge in [-0.05, 0) is 33.9 Å². The van der Waals surface area contributed by atoms with E-state index in [1.807, 2.05) is 6.92 Å². The maximum atomic E-state index is 4.58. The van der Waals surface area contributed by atoms with Crippen LogP contribution in [0.3, 0.4) is 0 Å². The summed E-state index contributed by atoms with van der Waals surface area (Å²) in [5, 5.41) is 3.27. The predicted molar refractivity (Wildman–Crippen MR) is 79.8 cm³/mol. The van der Waals surface area contributed by atoms with Crippen LogP contribution in [0, 0.1) is 12.8 Å². The van der Waals surface area contributed by atoms with Crippen molar-refractivity contribution in [1.29, 1.82) is 0 Å². The summed E-state index contributed by atoms with van der Waals surface area (Å²) in [6.07, 6.45) is 0. The topological polar surface area (TPSA) is 44.3 Å². The van der Waals surface area contributed by atoms with Gasteiger partial charge in [-0.15, -0.1) is 0 Å². The van der Waals surface area contributed by atoms with Crippen molar-refractivity contribution in [3.63, 3.8) is 0 Å². The summed E-state index contributed by atoms with van der Waals surface area (Å²) in [5.41, 5.74) is 0. The fraction of sp³-hybridized carbons (Fsp3) is 0.714. The Morgan fingerprint density at radius 3 is 2.68 bits per heavy atom. The summed E-state index contributed by atoms with van der Waals surface area (Å²) in [7, 11) is 4.31. The molecule has 5 nitrogen and oxygen atoms in total. The van der Waals surface area contributed by atoms with Crippen LogP contribution in [0.15, 0.2) is 6.07 Å². The van der Waals surface area contributed by atoms with Crippen LogP contribution in [0.25, 0.3) is 0 Å². The summed E-state index contributed by atoms with van der Waals surface area (Å²) in [4.78, 5) is 13.7. The number of aromatic nitrogens is 2. The van der Waals surface area contributed by atoms with Gasteiger partial charge < -0.3 is 15.1 Å². The molecule has 0 aliphatic carbocycles. The van der Waals surface area contributed by atoms with Crippen molar-refractivity contribution in [2.45, 2.75) is 26.8 Å². The van der Waals surface area contributed by atoms with Crippen LogP contribution >= 0.6 is 0 Å². The lowest BCUT2D eigenvalue weighted by Gasteiger charge is -2.22. The third kappa shape index (κ3) is 3.15. The average Bonchev–Trinajstić information content (AvgIpc) is 2.71. The molecule has 1 aromatic rings. The van der Waals surface area contributed by atoms with Crippen molar-refractivity contribution >= 4 is 11.6 Å². The molecule has 1 N–H and O–H groups in total. The lowest BCUT2D eigenvalue weighted by atomic mass is 10.1. The van der Waals surface area contributed by atoms with E-state index in [0.717, 1.165) is 37.1 Å². The first-order valence-corrected chi connectivity index (χ1v) is 7.02. The summed E-state index contributed by atoms with van der Waals surface area (Å²) >= 11 is 0. The van der Waals surface area contributed by atoms with E-state index in [4.69, 9.17) is 0 Å². The van der Waals surface area contributed by atoms with Crippen molar-refractivity contribution in [3.05, 3.63) is 11.9 Å². The summed E-state index contributed by atoms with van der Waals surface area (Å²) in [6.45, 7) is 9.32. The number of hydrogen-bond donors (Lipinski definition) is 1. The van der Waals surface area contributed by atoms with Gasteiger partial charge in [0, 0.05) is 31.7 Å². The molecular formula is C14H25N5. The van der Waals surface area contributed by atoms with Crippen LogP contribution < -0.4 is 10.2 Å². The Bertz CT molecular complexity index is 432. The van der Waals surface area contributed by atoms with Gasteiger partial charge in [-0.3, -0.25) is 0 Å². The highest BCUT2D eigenvalue weighted by molar-refractivity contribution is 5.50. The second-order valence-electron chi connectivity index (χ2n) is 5.60. The van der Waals surface area contributed by atoms with E-state index >= 15 is 0 Å². The molecule has 1 saturated heterocycles. The maximum absolute atomic E-state index is 4.58. The number of anilines is 2. The van der Waals surface area contributed by atoms with Crippen molar-refractivity contribution in [2.24, 2.45) is 5.92 Å². The second-order valence-corrected chi connectivity index (χ2v) is 5.60. The quantitative estimate of drug-likeness (QED) is 0.894. The van der Waals surface area contributed by atoms with Crippen LogP contribution in [0.4, 0.5) is 11.6 Å². The van der Waals surface area contributed by atoms with Crippen LogP contribution in [-0.4, -0.2) is 54.6 Å². The number of aryl methyl sites for hydroxylation is 1. The third-order valence-electron chi connectivity index (χ3n) is 3.74. The number of nitrogens with one attached hydrogen (secondary N) is 1. The monoisotopic (exact) mass is 263 g/mol. The Morgan fingerprint density at radius 2 is 2.11 bits per heavy atom. The molecule has 2 atom stereocenters. The standard InChI is InChI=1S/C14H25N5/c1-6-15-13-7-14(17-11(3)16-13)19-8-10(2)12(9-19)18(4)5/h7,10,12H,6,8-9H2,1-5H3,(H,15,16,17). The number of nitrogens with zero attached hydrogens (tertiary/aromatic N) is 4. The molecule has 0 spiro atoms. The lowest BCUT2D eigenvalue weighted by molar-refractivity contribution is 0.266. The van der Waals surface area contributed by atoms with E-state index < -0.39 is 0 Å². The molecule has 0 radical (unpaired) electrons. The van der Waals surface area contributed by atoms with E-state index in [2.05, 4.69) is 59.1 Å². The van der Waals surface area contributed by atoms with Gasteiger partial charge in [-0.2, -0.15) is 0 Å². The van der Waals surface area contributed by atoms with Crippen molar-refractivity contribution in [2.75, 3.05) is 43.9 Å². The smallest absolute Gasteiger partial charge is 0.134 e. The molecular weight excluding hydrogens is 238 g/mol. The maximum Gasteiger partial charge on any atom is 0.134 e. The van der Waals surface area contributed by atoms with Gasteiger partial charge in [0.1, 0.15) is 17.5 Å². The van der Waals surface area contributed by atoms with Crippen LogP contribution in [-0.2, 0) is 0 Å². The number of likely N-dealkylation sites (N-methyl/N-ethyl adjacent to an activating group) is 1. The lowest BCUT2D eigenvalue weighted by Crippen LogP contribution is -2.34. The predicted octanol–water partition coefficient (Wildman–Crippen LogP) is 1.60. The first-order valence-electron chi connectivity index (χ1n) is 7.02. The van der Waals surface area contributed by atoms with Gasteiger partial charge >= 0.3 is 0 Å². The molecule has 5 heteroatoms. The largest absolute Gasteiger partial charge is 0.370 e. The first kappa shape index (κ1) is 14.1. The molecule has 0 saturated carbocycles. The summed E-state index contributed by atoms with van der Waals surface area (Å²) in [5.74, 6) is 3.45. The van der Waals surface area contributed by atoms with Gasteiger partial charge in [0.25, 0.3) is 0 Å². The molecule has 19 heavy (non-hydrogen) atoms. The van der Waals surface area contributed by atoms with Gasteiger partial charge in [0.05, 0.1) is 0 Å². The number of rotatable bonds is 4. The highest BCUT2D eigenvalue weighted by atomic mass is 15.3. The Balaban J connectivity index is 2.18. The van der Waals surface area contributed by atoms with E-state index in [-0.39, 0.29) is 0 Å². The minimum Gasteiger partial charge on any atom is -0.370 e. The Morgan fingerprint density at radius 1 is 1.37 bits per heavy atom. The summed E-state index contributed by atoms with van der Waals surface area (Å²) in [6, 6.07) is 2.65. The molecule has 0 amide bonds. The molecule has 1 fully saturated rings. The molecule has 2 heterocycles. The second kappa shape index (κ2) is 5.74. The summed E-state index contributed by atoms with van der Waals surface area (Å²) < 4.78 is 0. The molecule has 106 valence electrons. The molecule has 2 unspecified atom stereocenters. The first-order chi connectivity index (χ1) is 9.01. The van der Waals surface area contributed by atoms with Gasteiger partial charge in [-0.25, -0.2) is 9.97 Å². The third-order valence-corrected chi connectivity index (χ3v) is 3.74. The Hall–Kier alpha value is -1.36. The van der Waals surface area contributed by atoms with E-state index in [9.17, 15) is 0 Å². The van der Waals surface area contributed by atoms with Crippen molar-refractivity contribution in [3.8, 4) is 0 Å². The fourth-order valence-electron chi connectivity index (χ4n) is 2.79. The van der Waals surface area contributed by atoms with E-state index in [0.29, 0.717) is 12.0 Å². The molecule has 0 bridgehead atoms. The molecule has 2 rings (SSSR count). The van der Waals surface area contributed by atoms with Gasteiger partial charge in [0.2, 0.25) is 0 Å². The minimum absolute atomic E-state index is 0.595. The fourth-order valence-corrected chi connectivity index (χ4v) is 2.79. The van der Waals surface area contributed by atoms with Crippen LogP contribution in [0.1, 0.15) is 19.7 Å². The molecule has 1 aliphatic rings. The Kier molecular flexibility index (Phi) is 4.24. The molecule has 0 aromatic carbocycles. The Labute approximate surface area is 116 Å². The zero-order valence-electron chi connectivity index (χ0n) is 12.6. The zero-order valence-corrected chi connectivity index (χ0v) is 12.6. The highest BCUT2D eigenvalue weighted by Gasteiger charge is 2.31. The minimum atomic E-state index is 0.595. The SMILES string of the molecule is CCNc1cc(N2CC(C)C(N(C)C)C2)nc(C)n1. The van der Waals surface area contributed by atoms with Gasteiger partial charge in [-0.1, -0.05) is 6.92 Å². The highest BCUT2D eigenvalue weighted by Crippen LogP contribution is 2.26. The van der Waals surface area contributed by atoms with Crippen LogP contribution in [0.5, 0.6) is 0 Å². The van der Waals surface area contributed by atoms with E-state index in [1.165, 1.54) is 0 Å². The van der Waals surface area contributed by atoms with Crippen LogP contribution in [0.2, 0.25) is 0 Å². The van der Waals surface area contributed by atoms with Crippen molar-refractivity contribution < 1.29 is 0 Å². The van der Waals surface area contributed by atoms with E-state index in [1.54, 1.807) is 0 Å². The van der Waals surface area contributed by atoms with Crippen molar-refractivity contribution in [1.82, 2.24) is 14.9 Å². The zero-order chi connectivity index (χ0) is 14.0. The normalized spacial score (nSPS) is 23.2. The molecule has 1 aliphatic heterocycles. The van der Waals surface area contributed by atoms with Gasteiger partial charge in [0.15, 0.2) is 0 Å². The molecule has 1 aromatic heterocycles. The number of hydrogen-bond acceptors (Lipinski definition) is 5.